The van der Waals surface area contributed by atoms with Crippen molar-refractivity contribution in [3.05, 3.63) is 58.6 Å². The summed E-state index contributed by atoms with van der Waals surface area (Å²) in [6.07, 6.45) is 1.99. The van der Waals surface area contributed by atoms with Crippen molar-refractivity contribution in [2.24, 2.45) is 0 Å². The highest BCUT2D eigenvalue weighted by atomic mass is 79.9. The summed E-state index contributed by atoms with van der Waals surface area (Å²) in [7, 11) is 0. The molecule has 0 radical (unpaired) electrons. The van der Waals surface area contributed by atoms with E-state index in [9.17, 15) is 4.79 Å². The van der Waals surface area contributed by atoms with Crippen molar-refractivity contribution in [2.45, 2.75) is 4.90 Å². The van der Waals surface area contributed by atoms with E-state index in [1.807, 2.05) is 42.7 Å². The van der Waals surface area contributed by atoms with Gasteiger partial charge in [0.25, 0.3) is 5.91 Å². The summed E-state index contributed by atoms with van der Waals surface area (Å²) < 4.78 is 0.962. The third kappa shape index (κ3) is 3.15. The van der Waals surface area contributed by atoms with Crippen LogP contribution >= 0.6 is 27.7 Å². The van der Waals surface area contributed by atoms with Crippen LogP contribution in [0.1, 0.15) is 10.4 Å². The molecule has 2 aromatic rings. The zero-order valence-corrected chi connectivity index (χ0v) is 12.2. The molecule has 0 heterocycles. The number of nitrogens with one attached hydrogen (secondary N) is 1. The maximum atomic E-state index is 12.1. The van der Waals surface area contributed by atoms with E-state index < -0.39 is 0 Å². The molecule has 0 aromatic heterocycles. The Hall–Kier alpha value is -1.26. The van der Waals surface area contributed by atoms with Crippen LogP contribution in [0.5, 0.6) is 0 Å². The molecular formula is C14H12BrNOS. The minimum absolute atomic E-state index is 0.0935. The van der Waals surface area contributed by atoms with Crippen molar-refractivity contribution in [3.63, 3.8) is 0 Å². The number of rotatable bonds is 3. The minimum atomic E-state index is -0.0935. The van der Waals surface area contributed by atoms with Crippen molar-refractivity contribution in [1.29, 1.82) is 0 Å². The summed E-state index contributed by atoms with van der Waals surface area (Å²) in [5, 5.41) is 2.92. The van der Waals surface area contributed by atoms with Gasteiger partial charge in [-0.15, -0.1) is 11.8 Å². The highest BCUT2D eigenvalue weighted by molar-refractivity contribution is 9.10. The molecule has 1 N–H and O–H groups in total. The van der Waals surface area contributed by atoms with Crippen LogP contribution in [-0.4, -0.2) is 12.2 Å². The lowest BCUT2D eigenvalue weighted by Crippen LogP contribution is -2.12. The molecule has 1 amide bonds. The molecule has 0 aliphatic rings. The van der Waals surface area contributed by atoms with Gasteiger partial charge in [-0.05, 0) is 42.7 Å². The fraction of sp³-hybridized carbons (Fsp3) is 0.0714. The predicted molar refractivity (Wildman–Crippen MR) is 80.3 cm³/mol. The summed E-state index contributed by atoms with van der Waals surface area (Å²) in [6, 6.07) is 15.1. The maximum Gasteiger partial charge on any atom is 0.255 e. The van der Waals surface area contributed by atoms with E-state index in [1.54, 1.807) is 23.9 Å². The summed E-state index contributed by atoms with van der Waals surface area (Å²) >= 11 is 4.96. The van der Waals surface area contributed by atoms with Crippen molar-refractivity contribution in [1.82, 2.24) is 0 Å². The number of carbonyl (C=O) groups excluding carboxylic acids is 1. The first-order chi connectivity index (χ1) is 8.70. The molecule has 0 spiro atoms. The Kier molecular flexibility index (Phi) is 4.44. The lowest BCUT2D eigenvalue weighted by Gasteiger charge is -2.09. The smallest absolute Gasteiger partial charge is 0.255 e. The summed E-state index contributed by atoms with van der Waals surface area (Å²) in [5.74, 6) is -0.0935. The number of amides is 1. The van der Waals surface area contributed by atoms with Crippen molar-refractivity contribution < 1.29 is 4.79 Å². The first kappa shape index (κ1) is 13.2. The van der Waals surface area contributed by atoms with Gasteiger partial charge in [0.05, 0.1) is 5.69 Å². The number of hydrogen-bond donors (Lipinski definition) is 1. The topological polar surface area (TPSA) is 29.1 Å². The molecule has 0 atom stereocenters. The van der Waals surface area contributed by atoms with E-state index in [-0.39, 0.29) is 5.91 Å². The quantitative estimate of drug-likeness (QED) is 0.848. The Balaban J connectivity index is 2.18. The Labute approximate surface area is 119 Å². The molecule has 2 rings (SSSR count). The van der Waals surface area contributed by atoms with E-state index in [4.69, 9.17) is 0 Å². The van der Waals surface area contributed by atoms with Crippen LogP contribution in [-0.2, 0) is 0 Å². The molecule has 0 aliphatic heterocycles. The van der Waals surface area contributed by atoms with Gasteiger partial charge in [-0.3, -0.25) is 4.79 Å². The van der Waals surface area contributed by atoms with Gasteiger partial charge < -0.3 is 5.32 Å². The van der Waals surface area contributed by atoms with E-state index >= 15 is 0 Å². The highest BCUT2D eigenvalue weighted by Crippen LogP contribution is 2.25. The van der Waals surface area contributed by atoms with Crippen LogP contribution in [0.2, 0.25) is 0 Å². The number of hydrogen-bond acceptors (Lipinski definition) is 2. The van der Waals surface area contributed by atoms with Crippen LogP contribution in [0.25, 0.3) is 0 Å². The average molecular weight is 322 g/mol. The molecule has 2 nitrogen and oxygen atoms in total. The SMILES string of the molecule is CSc1ccccc1NC(=O)c1ccc(Br)cc1. The number of thioether (sulfide) groups is 1. The Morgan fingerprint density at radius 2 is 1.78 bits per heavy atom. The lowest BCUT2D eigenvalue weighted by atomic mass is 10.2. The summed E-state index contributed by atoms with van der Waals surface area (Å²) in [5.41, 5.74) is 1.49. The van der Waals surface area contributed by atoms with Crippen molar-refractivity contribution in [3.8, 4) is 0 Å². The van der Waals surface area contributed by atoms with Crippen LogP contribution in [0.4, 0.5) is 5.69 Å². The molecule has 92 valence electrons. The van der Waals surface area contributed by atoms with Crippen molar-refractivity contribution >= 4 is 39.3 Å². The molecule has 0 bridgehead atoms. The largest absolute Gasteiger partial charge is 0.321 e. The second kappa shape index (κ2) is 6.07. The Morgan fingerprint density at radius 1 is 1.11 bits per heavy atom. The molecule has 18 heavy (non-hydrogen) atoms. The Morgan fingerprint density at radius 3 is 2.44 bits per heavy atom. The van der Waals surface area contributed by atoms with Crippen LogP contribution in [0.15, 0.2) is 57.9 Å². The third-order valence-corrected chi connectivity index (χ3v) is 3.79. The number of para-hydroxylation sites is 1. The van der Waals surface area contributed by atoms with Gasteiger partial charge in [-0.1, -0.05) is 28.1 Å². The van der Waals surface area contributed by atoms with E-state index in [0.717, 1.165) is 15.1 Å². The van der Waals surface area contributed by atoms with Gasteiger partial charge >= 0.3 is 0 Å². The molecule has 0 saturated heterocycles. The minimum Gasteiger partial charge on any atom is -0.321 e. The zero-order valence-electron chi connectivity index (χ0n) is 9.81. The fourth-order valence-corrected chi connectivity index (χ4v) is 2.36. The van der Waals surface area contributed by atoms with Crippen LogP contribution in [0, 0.1) is 0 Å². The van der Waals surface area contributed by atoms with E-state index in [2.05, 4.69) is 21.2 Å². The van der Waals surface area contributed by atoms with E-state index in [0.29, 0.717) is 5.56 Å². The second-order valence-electron chi connectivity index (χ2n) is 3.66. The molecule has 0 fully saturated rings. The van der Waals surface area contributed by atoms with Crippen LogP contribution < -0.4 is 5.32 Å². The van der Waals surface area contributed by atoms with Gasteiger partial charge in [0.2, 0.25) is 0 Å². The standard InChI is InChI=1S/C14H12BrNOS/c1-18-13-5-3-2-4-12(13)16-14(17)10-6-8-11(15)9-7-10/h2-9H,1H3,(H,16,17). The number of benzene rings is 2. The first-order valence-electron chi connectivity index (χ1n) is 5.40. The summed E-state index contributed by atoms with van der Waals surface area (Å²) in [4.78, 5) is 13.1. The Bertz CT molecular complexity index is 554. The fourth-order valence-electron chi connectivity index (χ4n) is 1.54. The molecule has 0 unspecified atom stereocenters. The highest BCUT2D eigenvalue weighted by Gasteiger charge is 2.08. The van der Waals surface area contributed by atoms with Gasteiger partial charge in [-0.2, -0.15) is 0 Å². The number of carbonyl (C=O) groups is 1. The van der Waals surface area contributed by atoms with Crippen molar-refractivity contribution in [2.75, 3.05) is 11.6 Å². The lowest BCUT2D eigenvalue weighted by molar-refractivity contribution is 0.102. The first-order valence-corrected chi connectivity index (χ1v) is 7.42. The van der Waals surface area contributed by atoms with Gasteiger partial charge in [0, 0.05) is 14.9 Å². The molecular weight excluding hydrogens is 310 g/mol. The normalized spacial score (nSPS) is 10.1. The number of anilines is 1. The third-order valence-electron chi connectivity index (χ3n) is 2.46. The molecule has 4 heteroatoms. The van der Waals surface area contributed by atoms with E-state index in [1.165, 1.54) is 0 Å². The molecule has 0 saturated carbocycles. The molecule has 0 aliphatic carbocycles. The number of halogens is 1. The second-order valence-corrected chi connectivity index (χ2v) is 5.43. The van der Waals surface area contributed by atoms with Gasteiger partial charge in [0.15, 0.2) is 0 Å². The molecule has 2 aromatic carbocycles. The average Bonchev–Trinajstić information content (AvgIpc) is 2.40. The maximum absolute atomic E-state index is 12.1. The zero-order chi connectivity index (χ0) is 13.0. The van der Waals surface area contributed by atoms with Gasteiger partial charge in [0.1, 0.15) is 0 Å². The van der Waals surface area contributed by atoms with Gasteiger partial charge in [-0.25, -0.2) is 0 Å². The van der Waals surface area contributed by atoms with Crippen LogP contribution in [0.3, 0.4) is 0 Å². The summed E-state index contributed by atoms with van der Waals surface area (Å²) in [6.45, 7) is 0. The predicted octanol–water partition coefficient (Wildman–Crippen LogP) is 4.42. The monoisotopic (exact) mass is 321 g/mol.